The van der Waals surface area contributed by atoms with E-state index in [1.807, 2.05) is 42.6 Å². The number of ether oxygens (including phenoxy) is 1. The van der Waals surface area contributed by atoms with Crippen molar-refractivity contribution in [3.05, 3.63) is 53.2 Å². The Morgan fingerprint density at radius 1 is 1.18 bits per heavy atom. The van der Waals surface area contributed by atoms with Crippen LogP contribution in [0.2, 0.25) is 0 Å². The van der Waals surface area contributed by atoms with Crippen LogP contribution in [0.5, 0.6) is 0 Å². The normalized spacial score (nSPS) is 15.7. The number of anilines is 3. The minimum atomic E-state index is 0.178. The number of rotatable bonds is 8. The predicted octanol–water partition coefficient (Wildman–Crippen LogP) is 4.30. The maximum Gasteiger partial charge on any atom is 0.232 e. The van der Waals surface area contributed by atoms with E-state index in [0.29, 0.717) is 17.5 Å². The first kappa shape index (κ1) is 21.8. The van der Waals surface area contributed by atoms with E-state index in [9.17, 15) is 0 Å². The van der Waals surface area contributed by atoms with E-state index in [1.165, 1.54) is 11.8 Å². The van der Waals surface area contributed by atoms with Crippen LogP contribution in [0.1, 0.15) is 24.2 Å². The second-order valence-corrected chi connectivity index (χ2v) is 9.58. The highest BCUT2D eigenvalue weighted by molar-refractivity contribution is 7.98. The van der Waals surface area contributed by atoms with Gasteiger partial charge in [0.05, 0.1) is 23.3 Å². The molecular weight excluding hydrogens is 456 g/mol. The SMILES string of the molecule is Cc1ccccc1Nc1nc(N)nc(CSc2nnc(-c3cccs3)n2C[C@@H]2CCCO2)n1. The van der Waals surface area contributed by atoms with Gasteiger partial charge < -0.3 is 15.8 Å². The molecule has 1 aliphatic rings. The molecule has 9 nitrogen and oxygen atoms in total. The summed E-state index contributed by atoms with van der Waals surface area (Å²) < 4.78 is 8.02. The Bertz CT molecular complexity index is 1220. The van der Waals surface area contributed by atoms with E-state index in [0.717, 1.165) is 53.1 Å². The summed E-state index contributed by atoms with van der Waals surface area (Å²) >= 11 is 3.18. The Kier molecular flexibility index (Phi) is 6.51. The van der Waals surface area contributed by atoms with Crippen molar-refractivity contribution in [2.45, 2.75) is 43.3 Å². The second kappa shape index (κ2) is 9.86. The first-order valence-corrected chi connectivity index (χ1v) is 12.6. The minimum absolute atomic E-state index is 0.178. The van der Waals surface area contributed by atoms with Gasteiger partial charge >= 0.3 is 0 Å². The summed E-state index contributed by atoms with van der Waals surface area (Å²) in [6.07, 6.45) is 2.31. The van der Waals surface area contributed by atoms with Crippen LogP contribution in [0.25, 0.3) is 10.7 Å². The fourth-order valence-electron chi connectivity index (χ4n) is 3.66. The van der Waals surface area contributed by atoms with Crippen molar-refractivity contribution in [1.29, 1.82) is 0 Å². The highest BCUT2D eigenvalue weighted by atomic mass is 32.2. The lowest BCUT2D eigenvalue weighted by Crippen LogP contribution is -2.16. The van der Waals surface area contributed by atoms with Gasteiger partial charge in [0.2, 0.25) is 11.9 Å². The predicted molar refractivity (Wildman–Crippen MR) is 131 cm³/mol. The van der Waals surface area contributed by atoms with Gasteiger partial charge in [-0.15, -0.1) is 21.5 Å². The van der Waals surface area contributed by atoms with Crippen molar-refractivity contribution < 1.29 is 4.74 Å². The molecule has 5 rings (SSSR count). The molecule has 1 fully saturated rings. The molecule has 1 aliphatic heterocycles. The molecule has 1 aromatic carbocycles. The van der Waals surface area contributed by atoms with E-state index in [1.54, 1.807) is 11.3 Å². The van der Waals surface area contributed by atoms with Crippen molar-refractivity contribution in [3.8, 4) is 10.7 Å². The molecule has 170 valence electrons. The summed E-state index contributed by atoms with van der Waals surface area (Å²) in [5.41, 5.74) is 7.99. The molecule has 11 heteroatoms. The smallest absolute Gasteiger partial charge is 0.232 e. The van der Waals surface area contributed by atoms with Gasteiger partial charge in [-0.25, -0.2) is 0 Å². The van der Waals surface area contributed by atoms with Crippen LogP contribution in [0.4, 0.5) is 17.6 Å². The number of aromatic nitrogens is 6. The molecule has 0 radical (unpaired) electrons. The highest BCUT2D eigenvalue weighted by Crippen LogP contribution is 2.30. The monoisotopic (exact) mass is 480 g/mol. The molecule has 0 saturated carbocycles. The summed E-state index contributed by atoms with van der Waals surface area (Å²) in [4.78, 5) is 14.2. The van der Waals surface area contributed by atoms with E-state index >= 15 is 0 Å². The minimum Gasteiger partial charge on any atom is -0.376 e. The van der Waals surface area contributed by atoms with E-state index in [4.69, 9.17) is 10.5 Å². The zero-order chi connectivity index (χ0) is 22.6. The van der Waals surface area contributed by atoms with Crippen molar-refractivity contribution in [2.75, 3.05) is 17.7 Å². The van der Waals surface area contributed by atoms with Gasteiger partial charge in [-0.1, -0.05) is 36.0 Å². The molecule has 4 aromatic rings. The summed E-state index contributed by atoms with van der Waals surface area (Å²) in [5, 5.41) is 15.0. The van der Waals surface area contributed by atoms with Gasteiger partial charge in [-0.2, -0.15) is 15.0 Å². The number of hydrogen-bond acceptors (Lipinski definition) is 10. The Labute approximate surface area is 199 Å². The maximum absolute atomic E-state index is 5.97. The summed E-state index contributed by atoms with van der Waals surface area (Å²) in [6.45, 7) is 3.56. The summed E-state index contributed by atoms with van der Waals surface area (Å²) in [7, 11) is 0. The first-order chi connectivity index (χ1) is 16.2. The van der Waals surface area contributed by atoms with Gasteiger partial charge in [-0.05, 0) is 42.8 Å². The van der Waals surface area contributed by atoms with Crippen LogP contribution in [-0.4, -0.2) is 42.4 Å². The van der Waals surface area contributed by atoms with E-state index < -0.39 is 0 Å². The number of nitrogens with one attached hydrogen (secondary N) is 1. The van der Waals surface area contributed by atoms with Crippen molar-refractivity contribution in [1.82, 2.24) is 29.7 Å². The maximum atomic E-state index is 5.97. The lowest BCUT2D eigenvalue weighted by molar-refractivity contribution is 0.0953. The average Bonchev–Trinajstić information content (AvgIpc) is 3.56. The fraction of sp³-hybridized carbons (Fsp3) is 0.318. The summed E-state index contributed by atoms with van der Waals surface area (Å²) in [5.74, 6) is 2.53. The Hall–Kier alpha value is -3.02. The Morgan fingerprint density at radius 3 is 2.88 bits per heavy atom. The molecule has 0 aliphatic carbocycles. The van der Waals surface area contributed by atoms with Gasteiger partial charge in [0, 0.05) is 12.3 Å². The number of para-hydroxylation sites is 1. The number of nitrogen functional groups attached to an aromatic ring is 1. The van der Waals surface area contributed by atoms with Crippen molar-refractivity contribution in [3.63, 3.8) is 0 Å². The molecule has 0 unspecified atom stereocenters. The number of nitrogens with two attached hydrogens (primary N) is 1. The number of nitrogens with zero attached hydrogens (tertiary/aromatic N) is 6. The third kappa shape index (κ3) is 5.15. The first-order valence-electron chi connectivity index (χ1n) is 10.7. The van der Waals surface area contributed by atoms with E-state index in [2.05, 4.69) is 41.1 Å². The molecule has 3 N–H and O–H groups in total. The third-order valence-corrected chi connectivity index (χ3v) is 7.12. The third-order valence-electron chi connectivity index (χ3n) is 5.29. The summed E-state index contributed by atoms with van der Waals surface area (Å²) in [6, 6.07) is 12.0. The standard InChI is InChI=1S/C22H24N8OS2/c1-14-6-2-3-8-16(14)24-21-26-18(25-20(23)27-21)13-33-22-29-28-19(17-9-5-11-32-17)30(22)12-15-7-4-10-31-15/h2-3,5-6,8-9,11,15H,4,7,10,12-13H2,1H3,(H3,23,24,25,26,27)/t15-/m0/s1. The van der Waals surface area contributed by atoms with Crippen LogP contribution in [-0.2, 0) is 17.0 Å². The number of aryl methyl sites for hydroxylation is 1. The highest BCUT2D eigenvalue weighted by Gasteiger charge is 2.22. The number of benzene rings is 1. The van der Waals surface area contributed by atoms with Gasteiger partial charge in [0.1, 0.15) is 5.82 Å². The quantitative estimate of drug-likeness (QED) is 0.356. The van der Waals surface area contributed by atoms with Gasteiger partial charge in [0.25, 0.3) is 0 Å². The lowest BCUT2D eigenvalue weighted by atomic mass is 10.2. The fourth-order valence-corrected chi connectivity index (χ4v) is 5.18. The van der Waals surface area contributed by atoms with Gasteiger partial charge in [-0.3, -0.25) is 4.57 Å². The topological polar surface area (TPSA) is 117 Å². The number of thiophene rings is 1. The molecule has 1 atom stereocenters. The number of hydrogen-bond donors (Lipinski definition) is 2. The second-order valence-electron chi connectivity index (χ2n) is 7.69. The zero-order valence-corrected chi connectivity index (χ0v) is 19.8. The van der Waals surface area contributed by atoms with Crippen LogP contribution in [0.15, 0.2) is 46.9 Å². The van der Waals surface area contributed by atoms with Crippen LogP contribution >= 0.6 is 23.1 Å². The van der Waals surface area contributed by atoms with Crippen LogP contribution < -0.4 is 11.1 Å². The van der Waals surface area contributed by atoms with Crippen LogP contribution in [0, 0.1) is 6.92 Å². The Morgan fingerprint density at radius 2 is 2.09 bits per heavy atom. The molecule has 33 heavy (non-hydrogen) atoms. The molecule has 0 spiro atoms. The van der Waals surface area contributed by atoms with Crippen molar-refractivity contribution in [2.24, 2.45) is 0 Å². The molecule has 3 aromatic heterocycles. The molecule has 0 bridgehead atoms. The largest absolute Gasteiger partial charge is 0.376 e. The van der Waals surface area contributed by atoms with E-state index in [-0.39, 0.29) is 12.1 Å². The molecule has 1 saturated heterocycles. The Balaban J connectivity index is 1.36. The molecular formula is C22H24N8OS2. The number of thioether (sulfide) groups is 1. The average molecular weight is 481 g/mol. The lowest BCUT2D eigenvalue weighted by Gasteiger charge is -2.14. The van der Waals surface area contributed by atoms with Crippen molar-refractivity contribution >= 4 is 40.7 Å². The van der Waals surface area contributed by atoms with Gasteiger partial charge in [0.15, 0.2) is 11.0 Å². The van der Waals surface area contributed by atoms with Crippen LogP contribution in [0.3, 0.4) is 0 Å². The molecule has 0 amide bonds. The molecule has 4 heterocycles. The zero-order valence-electron chi connectivity index (χ0n) is 18.1.